The van der Waals surface area contributed by atoms with Gasteiger partial charge in [0.15, 0.2) is 0 Å². The predicted molar refractivity (Wildman–Crippen MR) is 350 cm³/mol. The van der Waals surface area contributed by atoms with E-state index in [2.05, 4.69) is 256 Å². The first-order chi connectivity index (χ1) is 39.2. The van der Waals surface area contributed by atoms with Crippen LogP contribution in [0.25, 0.3) is 86.5 Å². The number of para-hydroxylation sites is 1. The molecule has 9 aromatic carbocycles. The van der Waals surface area contributed by atoms with Gasteiger partial charge in [-0.1, -0.05) is 173 Å². The molecule has 5 heterocycles. The second-order valence-electron chi connectivity index (χ2n) is 28.1. The van der Waals surface area contributed by atoms with E-state index in [4.69, 9.17) is 8.83 Å². The highest BCUT2D eigenvalue weighted by molar-refractivity contribution is 7.26. The standard InChI is InChI=1S/C76H69BN2O2S/c1-72(2,3)47-28-31-60(50(36-47)46-22-16-13-17-23-46)78-62-40-53-49-24-18-19-25-63(49)80-70(53)67-54-37-51-52-38-56-59(76(10,11)35-33-73(56,4)5)42-65(52)82-66(51)43-61(54)79(48-29-26-45(27-30-48)44-20-14-12-15-21-44)77(68(62)67)71-69(78)55-39-57-58(41-64(55)81-71)75(8,9)34-32-74(57,6)7/h12-31,36-43H,32-35H2,1-11H3. The van der Waals surface area contributed by atoms with E-state index >= 15 is 0 Å². The Balaban J connectivity index is 1.08. The first-order valence-corrected chi connectivity index (χ1v) is 30.7. The normalized spacial score (nSPS) is 17.3. The van der Waals surface area contributed by atoms with E-state index in [1.165, 1.54) is 94.1 Å². The predicted octanol–water partition coefficient (Wildman–Crippen LogP) is 20.7. The van der Waals surface area contributed by atoms with Crippen molar-refractivity contribution in [2.75, 3.05) is 9.71 Å². The Morgan fingerprint density at radius 1 is 0.451 bits per heavy atom. The van der Waals surface area contributed by atoms with Crippen molar-refractivity contribution < 1.29 is 8.83 Å². The van der Waals surface area contributed by atoms with Gasteiger partial charge in [-0.05, 0) is 176 Å². The van der Waals surface area contributed by atoms with Crippen molar-refractivity contribution in [2.24, 2.45) is 0 Å². The maximum Gasteiger partial charge on any atom is 0.376 e. The van der Waals surface area contributed by atoms with Crippen LogP contribution in [0.5, 0.6) is 0 Å². The summed E-state index contributed by atoms with van der Waals surface area (Å²) in [5.41, 5.74) is 24.6. The molecule has 4 aliphatic rings. The van der Waals surface area contributed by atoms with E-state index in [1.54, 1.807) is 0 Å². The van der Waals surface area contributed by atoms with Gasteiger partial charge >= 0.3 is 6.85 Å². The summed E-state index contributed by atoms with van der Waals surface area (Å²) < 4.78 is 17.9. The number of hydrogen-bond donors (Lipinski definition) is 0. The molecule has 0 saturated carbocycles. The van der Waals surface area contributed by atoms with Crippen molar-refractivity contribution in [1.82, 2.24) is 0 Å². The number of furan rings is 2. The molecular formula is C76H69BN2O2S. The third-order valence-electron chi connectivity index (χ3n) is 20.1. The maximum absolute atomic E-state index is 7.89. The van der Waals surface area contributed by atoms with Gasteiger partial charge in [0.25, 0.3) is 0 Å². The van der Waals surface area contributed by atoms with Crippen molar-refractivity contribution in [3.8, 4) is 33.4 Å². The second-order valence-corrected chi connectivity index (χ2v) is 29.2. The fraction of sp³-hybridized carbons (Fsp3) is 0.263. The smallest absolute Gasteiger partial charge is 0.376 e. The van der Waals surface area contributed by atoms with Crippen LogP contribution < -0.4 is 20.8 Å². The largest absolute Gasteiger partial charge is 0.466 e. The molecule has 0 bridgehead atoms. The summed E-state index contributed by atoms with van der Waals surface area (Å²) in [7, 11) is 0. The second kappa shape index (κ2) is 16.9. The molecule has 16 rings (SSSR count). The van der Waals surface area contributed by atoms with Crippen molar-refractivity contribution in [2.45, 2.75) is 129 Å². The molecule has 0 radical (unpaired) electrons. The summed E-state index contributed by atoms with van der Waals surface area (Å²) in [6, 6.07) is 64.7. The van der Waals surface area contributed by atoms with Crippen molar-refractivity contribution in [3.05, 3.63) is 198 Å². The zero-order valence-electron chi connectivity index (χ0n) is 49.2. The van der Waals surface area contributed by atoms with Crippen LogP contribution in [0.2, 0.25) is 0 Å². The molecule has 0 unspecified atom stereocenters. The highest BCUT2D eigenvalue weighted by Gasteiger charge is 2.51. The molecule has 3 aromatic heterocycles. The van der Waals surface area contributed by atoms with Gasteiger partial charge in [-0.3, -0.25) is 0 Å². The monoisotopic (exact) mass is 1080 g/mol. The van der Waals surface area contributed by atoms with Gasteiger partial charge in [0.1, 0.15) is 22.4 Å². The first kappa shape index (κ1) is 50.0. The molecule has 0 spiro atoms. The molecule has 0 N–H and O–H groups in total. The average Bonchev–Trinajstić information content (AvgIpc) is 1.53. The lowest BCUT2D eigenvalue weighted by atomic mass is 9.45. The number of benzene rings is 9. The summed E-state index contributed by atoms with van der Waals surface area (Å²) in [5, 5.41) is 5.98. The molecule has 0 saturated heterocycles. The van der Waals surface area contributed by atoms with E-state index in [-0.39, 0.29) is 33.9 Å². The summed E-state index contributed by atoms with van der Waals surface area (Å²) >= 11 is 1.94. The Kier molecular flexibility index (Phi) is 10.3. The minimum absolute atomic E-state index is 0.0202. The molecule has 4 nitrogen and oxygen atoms in total. The molecule has 0 amide bonds. The van der Waals surface area contributed by atoms with Crippen LogP contribution in [0, 0.1) is 0 Å². The number of nitrogens with zero attached hydrogens (tertiary/aromatic N) is 2. The van der Waals surface area contributed by atoms with Crippen molar-refractivity contribution in [1.29, 1.82) is 0 Å². The van der Waals surface area contributed by atoms with Crippen LogP contribution in [-0.4, -0.2) is 6.85 Å². The Morgan fingerprint density at radius 3 is 1.70 bits per heavy atom. The first-order valence-electron chi connectivity index (χ1n) is 29.8. The van der Waals surface area contributed by atoms with Crippen LogP contribution >= 0.6 is 11.3 Å². The molecule has 404 valence electrons. The Hall–Kier alpha value is -7.80. The summed E-state index contributed by atoms with van der Waals surface area (Å²) in [6.07, 6.45) is 4.57. The molecule has 6 heteroatoms. The van der Waals surface area contributed by atoms with Gasteiger partial charge in [0.2, 0.25) is 0 Å². The minimum Gasteiger partial charge on any atom is -0.466 e. The SMILES string of the molecule is CC(C)(C)c1ccc(N2c3cc4c(oc5ccccc54)c4c3B(c3oc5cc6c(cc5c32)C(C)(C)CCC6(C)C)N(c2ccc(-c3ccccc3)cc2)c2cc3sc5cc6c(cc5c3cc2-4)C(C)(C)CCC6(C)C)c(-c2ccccc2)c1. The summed E-state index contributed by atoms with van der Waals surface area (Å²) in [6.45, 7) is 26.1. The van der Waals surface area contributed by atoms with E-state index < -0.39 is 0 Å². The van der Waals surface area contributed by atoms with Crippen LogP contribution in [-0.2, 0) is 27.1 Å². The molecule has 12 aromatic rings. The van der Waals surface area contributed by atoms with E-state index in [0.717, 1.165) is 85.4 Å². The third-order valence-corrected chi connectivity index (χ3v) is 21.2. The van der Waals surface area contributed by atoms with Gasteiger partial charge in [-0.15, -0.1) is 11.3 Å². The summed E-state index contributed by atoms with van der Waals surface area (Å²) in [4.78, 5) is 5.26. The van der Waals surface area contributed by atoms with Crippen LogP contribution in [0.4, 0.5) is 28.4 Å². The molecule has 0 fully saturated rings. The van der Waals surface area contributed by atoms with Gasteiger partial charge in [-0.25, -0.2) is 0 Å². The van der Waals surface area contributed by atoms with E-state index in [0.29, 0.717) is 0 Å². The number of rotatable bonds is 4. The van der Waals surface area contributed by atoms with Crippen molar-refractivity contribution >= 4 is 111 Å². The fourth-order valence-electron chi connectivity index (χ4n) is 15.1. The number of fused-ring (bicyclic) bond motifs is 15. The van der Waals surface area contributed by atoms with Gasteiger partial charge in [0, 0.05) is 70.1 Å². The maximum atomic E-state index is 7.89. The topological polar surface area (TPSA) is 32.8 Å². The number of anilines is 5. The van der Waals surface area contributed by atoms with Crippen LogP contribution in [0.15, 0.2) is 179 Å². The molecular weight excluding hydrogens is 1020 g/mol. The quantitative estimate of drug-likeness (QED) is 0.164. The lowest BCUT2D eigenvalue weighted by Crippen LogP contribution is -2.61. The highest BCUT2D eigenvalue weighted by Crippen LogP contribution is 2.57. The zero-order chi connectivity index (χ0) is 56.1. The van der Waals surface area contributed by atoms with Gasteiger partial charge in [-0.2, -0.15) is 0 Å². The molecule has 2 aliphatic carbocycles. The Labute approximate surface area is 486 Å². The zero-order valence-corrected chi connectivity index (χ0v) is 50.0. The third kappa shape index (κ3) is 7.15. The molecule has 0 atom stereocenters. The minimum atomic E-state index is -0.385. The summed E-state index contributed by atoms with van der Waals surface area (Å²) in [5.74, 6) is 0. The highest BCUT2D eigenvalue weighted by atomic mass is 32.1. The average molecular weight is 1090 g/mol. The van der Waals surface area contributed by atoms with Crippen LogP contribution in [0.1, 0.15) is 130 Å². The van der Waals surface area contributed by atoms with Gasteiger partial charge in [0.05, 0.1) is 11.4 Å². The van der Waals surface area contributed by atoms with Crippen LogP contribution in [0.3, 0.4) is 0 Å². The number of thiophene rings is 1. The Bertz CT molecular complexity index is 4680. The lowest BCUT2D eigenvalue weighted by molar-refractivity contribution is 0.332. The van der Waals surface area contributed by atoms with Crippen molar-refractivity contribution in [3.63, 3.8) is 0 Å². The molecule has 2 aliphatic heterocycles. The van der Waals surface area contributed by atoms with E-state index in [1.807, 2.05) is 11.3 Å². The number of hydrogen-bond acceptors (Lipinski definition) is 5. The Morgan fingerprint density at radius 2 is 1.02 bits per heavy atom. The fourth-order valence-corrected chi connectivity index (χ4v) is 16.2. The van der Waals surface area contributed by atoms with Gasteiger partial charge < -0.3 is 18.5 Å². The van der Waals surface area contributed by atoms with E-state index in [9.17, 15) is 0 Å². The lowest BCUT2D eigenvalue weighted by Gasteiger charge is -2.44. The molecule has 82 heavy (non-hydrogen) atoms.